The van der Waals surface area contributed by atoms with E-state index in [1.54, 1.807) is 36.4 Å². The molecule has 9 nitrogen and oxygen atoms in total. The fourth-order valence-corrected chi connectivity index (χ4v) is 6.11. The summed E-state index contributed by atoms with van der Waals surface area (Å²) in [6.07, 6.45) is 9.84. The van der Waals surface area contributed by atoms with Gasteiger partial charge in [0, 0.05) is 65.4 Å². The van der Waals surface area contributed by atoms with E-state index in [1.165, 1.54) is 0 Å². The van der Waals surface area contributed by atoms with Crippen molar-refractivity contribution in [3.63, 3.8) is 0 Å². The molecule has 0 fully saturated rings. The molecule has 0 aliphatic carbocycles. The number of nitrogens with one attached hydrogen (secondary N) is 3. The minimum Gasteiger partial charge on any atom is -0.386 e. The maximum absolute atomic E-state index is 13.9. The Balaban J connectivity index is 1.45. The molecule has 1 aliphatic heterocycles. The summed E-state index contributed by atoms with van der Waals surface area (Å²) < 4.78 is 1.61. The highest BCUT2D eigenvalue weighted by molar-refractivity contribution is 6.31. The Morgan fingerprint density at radius 3 is 2.67 bits per heavy atom. The molecule has 0 saturated carbocycles. The first-order valence-electron chi connectivity index (χ1n) is 14.8. The minimum atomic E-state index is -0.417. The average Bonchev–Trinajstić information content (AvgIpc) is 3.06. The molecule has 2 bridgehead atoms. The zero-order chi connectivity index (χ0) is 31.5. The van der Waals surface area contributed by atoms with E-state index in [1.807, 2.05) is 67.7 Å². The first kappa shape index (κ1) is 29.9. The highest BCUT2D eigenvalue weighted by Crippen LogP contribution is 2.37. The molecule has 2 aromatic carbocycles. The van der Waals surface area contributed by atoms with Gasteiger partial charge in [-0.05, 0) is 59.7 Å². The maximum Gasteiger partial charge on any atom is 0.254 e. The quantitative estimate of drug-likeness (QED) is 0.201. The van der Waals surface area contributed by atoms with Crippen molar-refractivity contribution in [3.05, 3.63) is 118 Å². The second-order valence-electron chi connectivity index (χ2n) is 11.1. The monoisotopic (exact) mass is 617 g/mol. The zero-order valence-corrected chi connectivity index (χ0v) is 25.7. The van der Waals surface area contributed by atoms with Gasteiger partial charge in [0.25, 0.3) is 5.56 Å². The van der Waals surface area contributed by atoms with Crippen LogP contribution in [0.3, 0.4) is 0 Å². The normalized spacial score (nSPS) is 18.9. The lowest BCUT2D eigenvalue weighted by Gasteiger charge is -2.23. The van der Waals surface area contributed by atoms with E-state index in [9.17, 15) is 9.59 Å². The van der Waals surface area contributed by atoms with Gasteiger partial charge in [0.1, 0.15) is 0 Å². The Morgan fingerprint density at radius 2 is 1.87 bits per heavy atom. The number of fused-ring (bicyclic) bond motifs is 3. The third kappa shape index (κ3) is 5.99. The molecular formula is C35H32ClN7O2. The molecular weight excluding hydrogens is 586 g/mol. The van der Waals surface area contributed by atoms with E-state index >= 15 is 0 Å². The molecule has 0 spiro atoms. The number of amides is 1. The number of pyridine rings is 2. The Labute approximate surface area is 265 Å². The third-order valence-electron chi connectivity index (χ3n) is 8.30. The Bertz CT molecular complexity index is 2010. The van der Waals surface area contributed by atoms with Gasteiger partial charge in [0.05, 0.1) is 35.2 Å². The number of allylic oxidation sites excluding steroid dienone is 1. The van der Waals surface area contributed by atoms with Crippen LogP contribution in [0, 0.1) is 11.3 Å². The van der Waals surface area contributed by atoms with Gasteiger partial charge < -0.3 is 16.0 Å². The summed E-state index contributed by atoms with van der Waals surface area (Å²) in [6.45, 7) is 1.87. The van der Waals surface area contributed by atoms with Crippen LogP contribution in [-0.4, -0.2) is 38.7 Å². The van der Waals surface area contributed by atoms with Gasteiger partial charge in [-0.25, -0.2) is 4.98 Å². The van der Waals surface area contributed by atoms with Crippen LogP contribution in [0.2, 0.25) is 5.02 Å². The van der Waals surface area contributed by atoms with Crippen molar-refractivity contribution in [2.45, 2.75) is 32.2 Å². The molecule has 6 rings (SSSR count). The van der Waals surface area contributed by atoms with Crippen molar-refractivity contribution >= 4 is 40.2 Å². The van der Waals surface area contributed by atoms with Crippen LogP contribution in [0.5, 0.6) is 0 Å². The van der Waals surface area contributed by atoms with E-state index in [4.69, 9.17) is 22.0 Å². The van der Waals surface area contributed by atoms with E-state index in [0.717, 1.165) is 39.2 Å². The van der Waals surface area contributed by atoms with Crippen LogP contribution >= 0.6 is 11.6 Å². The van der Waals surface area contributed by atoms with Gasteiger partial charge in [-0.2, -0.15) is 0 Å². The van der Waals surface area contributed by atoms with Gasteiger partial charge in [0.15, 0.2) is 0 Å². The molecule has 226 valence electrons. The van der Waals surface area contributed by atoms with Crippen molar-refractivity contribution < 1.29 is 4.79 Å². The summed E-state index contributed by atoms with van der Waals surface area (Å²) in [7, 11) is 1.74. The Morgan fingerprint density at radius 1 is 1.00 bits per heavy atom. The van der Waals surface area contributed by atoms with Crippen molar-refractivity contribution in [1.82, 2.24) is 30.2 Å². The van der Waals surface area contributed by atoms with Crippen LogP contribution in [0.4, 0.5) is 0 Å². The summed E-state index contributed by atoms with van der Waals surface area (Å²) in [5, 5.41) is 16.5. The van der Waals surface area contributed by atoms with Gasteiger partial charge >= 0.3 is 0 Å². The molecule has 1 aliphatic rings. The van der Waals surface area contributed by atoms with Crippen LogP contribution in [0.1, 0.15) is 43.5 Å². The average molecular weight is 618 g/mol. The largest absolute Gasteiger partial charge is 0.386 e. The van der Waals surface area contributed by atoms with Crippen LogP contribution in [-0.2, 0) is 4.79 Å². The van der Waals surface area contributed by atoms with Crippen molar-refractivity contribution in [2.75, 3.05) is 7.05 Å². The number of aromatic nitrogens is 4. The number of hydrogen-bond acceptors (Lipinski definition) is 7. The molecule has 0 radical (unpaired) electrons. The predicted octanol–water partition coefficient (Wildman–Crippen LogP) is 6.24. The van der Waals surface area contributed by atoms with E-state index in [2.05, 4.69) is 20.6 Å². The number of benzene rings is 2. The second-order valence-corrected chi connectivity index (χ2v) is 11.5. The molecule has 5 aromatic rings. The number of nitrogens with zero attached hydrogens (tertiary/aromatic N) is 4. The lowest BCUT2D eigenvalue weighted by atomic mass is 9.94. The van der Waals surface area contributed by atoms with E-state index < -0.39 is 6.04 Å². The van der Waals surface area contributed by atoms with Gasteiger partial charge in [-0.3, -0.25) is 24.1 Å². The molecule has 45 heavy (non-hydrogen) atoms. The predicted molar refractivity (Wildman–Crippen MR) is 178 cm³/mol. The number of carbonyl (C=O) groups excluding carboxylic acids is 1. The Hall–Kier alpha value is -5.15. The maximum atomic E-state index is 13.9. The lowest BCUT2D eigenvalue weighted by molar-refractivity contribution is -0.123. The highest BCUT2D eigenvalue weighted by Gasteiger charge is 2.23. The molecule has 1 amide bonds. The van der Waals surface area contributed by atoms with Crippen molar-refractivity contribution in [1.29, 1.82) is 5.41 Å². The fraction of sp³-hybridized carbons (Fsp3) is 0.200. The van der Waals surface area contributed by atoms with Crippen molar-refractivity contribution in [3.8, 4) is 22.4 Å². The number of rotatable bonds is 5. The fourth-order valence-electron chi connectivity index (χ4n) is 5.94. The third-order valence-corrected chi connectivity index (χ3v) is 8.53. The van der Waals surface area contributed by atoms with E-state index in [-0.39, 0.29) is 17.4 Å². The molecule has 3 N–H and O–H groups in total. The SMILES string of the molecule is CN/C1=C(\C=N)NC(=O)C(C)CCCC(n2cnc(-c3cc(Cl)ccc3-c3cccc4cnccc34)cc2=O)c2cc1ccn2. The number of halogens is 1. The van der Waals surface area contributed by atoms with Crippen LogP contribution in [0.25, 0.3) is 38.9 Å². The molecule has 2 unspecified atom stereocenters. The topological polar surface area (TPSA) is 126 Å². The molecule has 4 heterocycles. The standard InChI is InChI=1S/C35H32ClN7O2/c1-21-5-3-8-32(30-15-22(11-14-40-30)34(38-2)31(18-37)42-35(21)45)43-20-41-29(17-33(43)44)28-16-24(36)9-10-27(28)26-7-4-6-23-19-39-13-12-25(23)26/h4,6-7,9-21,32,37-38H,3,5,8H2,1-2H3,(H,42,45)/b34-31+,37-18?. The summed E-state index contributed by atoms with van der Waals surface area (Å²) in [4.78, 5) is 40.5. The molecule has 0 saturated heterocycles. The second kappa shape index (κ2) is 12.8. The molecule has 2 atom stereocenters. The smallest absolute Gasteiger partial charge is 0.254 e. The highest BCUT2D eigenvalue weighted by atomic mass is 35.5. The minimum absolute atomic E-state index is 0.157. The lowest BCUT2D eigenvalue weighted by Crippen LogP contribution is -2.32. The number of carbonyl (C=O) groups is 1. The van der Waals surface area contributed by atoms with Gasteiger partial charge in [0.2, 0.25) is 5.91 Å². The van der Waals surface area contributed by atoms with Gasteiger partial charge in [-0.1, -0.05) is 49.2 Å². The first-order valence-corrected chi connectivity index (χ1v) is 15.2. The van der Waals surface area contributed by atoms with Gasteiger partial charge in [-0.15, -0.1) is 0 Å². The van der Waals surface area contributed by atoms with Crippen LogP contribution < -0.4 is 16.2 Å². The molecule has 10 heteroatoms. The zero-order valence-electron chi connectivity index (χ0n) is 24.9. The first-order chi connectivity index (χ1) is 21.9. The Kier molecular flexibility index (Phi) is 8.53. The summed E-state index contributed by atoms with van der Waals surface area (Å²) in [6, 6.07) is 18.5. The molecule has 3 aromatic heterocycles. The van der Waals surface area contributed by atoms with Crippen LogP contribution in [0.15, 0.2) is 96.1 Å². The summed E-state index contributed by atoms with van der Waals surface area (Å²) in [5.41, 5.74) is 5.31. The number of hydrogen-bond donors (Lipinski definition) is 3. The summed E-state index contributed by atoms with van der Waals surface area (Å²) >= 11 is 6.48. The summed E-state index contributed by atoms with van der Waals surface area (Å²) in [5.74, 6) is -0.441. The van der Waals surface area contributed by atoms with E-state index in [0.29, 0.717) is 47.1 Å². The van der Waals surface area contributed by atoms with Crippen molar-refractivity contribution in [2.24, 2.45) is 5.92 Å².